The molecule has 0 bridgehead atoms. The van der Waals surface area contributed by atoms with E-state index in [1.54, 1.807) is 0 Å². The SMILES string of the molecule is C=CC(C)(CNC(C)(C)C)Cc1ccc(Cl)c(Cl)c1. The lowest BCUT2D eigenvalue weighted by Gasteiger charge is -2.31. The summed E-state index contributed by atoms with van der Waals surface area (Å²) in [5.74, 6) is 0. The highest BCUT2D eigenvalue weighted by atomic mass is 35.5. The molecule has 1 N–H and O–H groups in total. The Labute approximate surface area is 127 Å². The summed E-state index contributed by atoms with van der Waals surface area (Å²) in [6, 6.07) is 5.80. The topological polar surface area (TPSA) is 12.0 Å². The molecule has 0 spiro atoms. The highest BCUT2D eigenvalue weighted by Crippen LogP contribution is 2.28. The van der Waals surface area contributed by atoms with Gasteiger partial charge in [-0.3, -0.25) is 0 Å². The molecule has 0 saturated heterocycles. The number of rotatable bonds is 5. The fourth-order valence-electron chi connectivity index (χ4n) is 1.79. The van der Waals surface area contributed by atoms with Gasteiger partial charge in [0.15, 0.2) is 0 Å². The van der Waals surface area contributed by atoms with Crippen molar-refractivity contribution >= 4 is 23.2 Å². The van der Waals surface area contributed by atoms with E-state index in [0.717, 1.165) is 13.0 Å². The van der Waals surface area contributed by atoms with Crippen molar-refractivity contribution in [1.29, 1.82) is 0 Å². The van der Waals surface area contributed by atoms with Crippen molar-refractivity contribution in [3.8, 4) is 0 Å². The molecule has 0 aliphatic carbocycles. The Bertz CT molecular complexity index is 449. The van der Waals surface area contributed by atoms with Crippen molar-refractivity contribution in [1.82, 2.24) is 5.32 Å². The van der Waals surface area contributed by atoms with Gasteiger partial charge in [-0.1, -0.05) is 42.3 Å². The maximum atomic E-state index is 6.06. The Balaban J connectivity index is 2.79. The van der Waals surface area contributed by atoms with Crippen LogP contribution in [0.1, 0.15) is 33.3 Å². The van der Waals surface area contributed by atoms with Gasteiger partial charge in [0.25, 0.3) is 0 Å². The highest BCUT2D eigenvalue weighted by Gasteiger charge is 2.23. The van der Waals surface area contributed by atoms with Crippen LogP contribution in [0.25, 0.3) is 0 Å². The lowest BCUT2D eigenvalue weighted by Crippen LogP contribution is -2.43. The molecular weight excluding hydrogens is 277 g/mol. The van der Waals surface area contributed by atoms with Crippen molar-refractivity contribution in [2.45, 2.75) is 39.7 Å². The zero-order valence-corrected chi connectivity index (χ0v) is 13.7. The van der Waals surface area contributed by atoms with Gasteiger partial charge >= 0.3 is 0 Å². The predicted octanol–water partition coefficient (Wildman–Crippen LogP) is 5.12. The molecule has 3 heteroatoms. The van der Waals surface area contributed by atoms with Gasteiger partial charge in [-0.15, -0.1) is 6.58 Å². The van der Waals surface area contributed by atoms with Crippen LogP contribution < -0.4 is 5.32 Å². The first kappa shape index (κ1) is 16.6. The minimum atomic E-state index is -0.00949. The summed E-state index contributed by atoms with van der Waals surface area (Å²) in [5, 5.41) is 4.73. The summed E-state index contributed by atoms with van der Waals surface area (Å²) >= 11 is 12.0. The van der Waals surface area contributed by atoms with Gasteiger partial charge in [0.1, 0.15) is 0 Å². The molecule has 1 unspecified atom stereocenters. The van der Waals surface area contributed by atoms with Crippen molar-refractivity contribution in [3.05, 3.63) is 46.5 Å². The fraction of sp³-hybridized carbons (Fsp3) is 0.500. The molecule has 1 nitrogen and oxygen atoms in total. The standard InChI is InChI=1S/C16H23Cl2N/c1-6-16(5,11-19-15(2,3)4)10-12-7-8-13(17)14(18)9-12/h6-9,19H,1,10-11H2,2-5H3. The second kappa shape index (κ2) is 6.30. The fourth-order valence-corrected chi connectivity index (χ4v) is 2.11. The molecule has 19 heavy (non-hydrogen) atoms. The maximum absolute atomic E-state index is 6.06. The average Bonchev–Trinajstić information content (AvgIpc) is 2.31. The predicted molar refractivity (Wildman–Crippen MR) is 86.2 cm³/mol. The van der Waals surface area contributed by atoms with E-state index < -0.39 is 0 Å². The number of halogens is 2. The second-order valence-corrected chi connectivity index (χ2v) is 7.20. The molecule has 1 rings (SSSR count). The first-order valence-corrected chi connectivity index (χ1v) is 7.23. The van der Waals surface area contributed by atoms with E-state index in [9.17, 15) is 0 Å². The summed E-state index contributed by atoms with van der Waals surface area (Å²) < 4.78 is 0. The van der Waals surface area contributed by atoms with Crippen LogP contribution in [-0.4, -0.2) is 12.1 Å². The van der Waals surface area contributed by atoms with Crippen LogP contribution in [0.2, 0.25) is 10.0 Å². The minimum absolute atomic E-state index is 0.00949. The lowest BCUT2D eigenvalue weighted by molar-refractivity contribution is 0.322. The molecule has 0 aliphatic rings. The average molecular weight is 300 g/mol. The molecular formula is C16H23Cl2N. The van der Waals surface area contributed by atoms with E-state index in [1.165, 1.54) is 5.56 Å². The molecule has 0 heterocycles. The van der Waals surface area contributed by atoms with Crippen LogP contribution in [-0.2, 0) is 6.42 Å². The summed E-state index contributed by atoms with van der Waals surface area (Å²) in [5.41, 5.74) is 1.26. The summed E-state index contributed by atoms with van der Waals surface area (Å²) in [7, 11) is 0. The Morgan fingerprint density at radius 3 is 2.26 bits per heavy atom. The molecule has 0 aromatic heterocycles. The van der Waals surface area contributed by atoms with E-state index in [-0.39, 0.29) is 11.0 Å². The molecule has 1 aromatic rings. The van der Waals surface area contributed by atoms with E-state index in [2.05, 4.69) is 39.6 Å². The van der Waals surface area contributed by atoms with E-state index in [1.807, 2.05) is 24.3 Å². The molecule has 1 atom stereocenters. The van der Waals surface area contributed by atoms with Crippen LogP contribution in [0.4, 0.5) is 0 Å². The third-order valence-corrected chi connectivity index (χ3v) is 3.85. The maximum Gasteiger partial charge on any atom is 0.0595 e. The molecule has 106 valence electrons. The summed E-state index contributed by atoms with van der Waals surface area (Å²) in [6.07, 6.45) is 2.89. The lowest BCUT2D eigenvalue weighted by atomic mass is 9.83. The molecule has 0 saturated carbocycles. The van der Waals surface area contributed by atoms with E-state index in [0.29, 0.717) is 10.0 Å². The van der Waals surface area contributed by atoms with Gasteiger partial charge in [0, 0.05) is 17.5 Å². The highest BCUT2D eigenvalue weighted by molar-refractivity contribution is 6.42. The van der Waals surface area contributed by atoms with Crippen LogP contribution in [0.15, 0.2) is 30.9 Å². The van der Waals surface area contributed by atoms with Crippen molar-refractivity contribution in [2.24, 2.45) is 5.41 Å². The molecule has 0 amide bonds. The first-order chi connectivity index (χ1) is 8.65. The van der Waals surface area contributed by atoms with E-state index in [4.69, 9.17) is 23.2 Å². The molecule has 0 radical (unpaired) electrons. The quantitative estimate of drug-likeness (QED) is 0.744. The Hall–Kier alpha value is -0.500. The van der Waals surface area contributed by atoms with Gasteiger partial charge in [-0.25, -0.2) is 0 Å². The van der Waals surface area contributed by atoms with E-state index >= 15 is 0 Å². The van der Waals surface area contributed by atoms with Crippen molar-refractivity contribution in [3.63, 3.8) is 0 Å². The molecule has 0 aliphatic heterocycles. The Morgan fingerprint density at radius 1 is 1.16 bits per heavy atom. The third kappa shape index (κ3) is 5.56. The van der Waals surface area contributed by atoms with Crippen LogP contribution in [0.3, 0.4) is 0 Å². The van der Waals surface area contributed by atoms with Gasteiger partial charge < -0.3 is 5.32 Å². The molecule has 1 aromatic carbocycles. The van der Waals surface area contributed by atoms with Crippen LogP contribution >= 0.6 is 23.2 Å². The smallest absolute Gasteiger partial charge is 0.0595 e. The van der Waals surface area contributed by atoms with Crippen molar-refractivity contribution < 1.29 is 0 Å². The number of benzene rings is 1. The van der Waals surface area contributed by atoms with Gasteiger partial charge in [0.05, 0.1) is 10.0 Å². The van der Waals surface area contributed by atoms with Crippen LogP contribution in [0, 0.1) is 5.41 Å². The van der Waals surface area contributed by atoms with Gasteiger partial charge in [0.2, 0.25) is 0 Å². The minimum Gasteiger partial charge on any atom is -0.311 e. The number of nitrogens with one attached hydrogen (secondary N) is 1. The number of hydrogen-bond donors (Lipinski definition) is 1. The Morgan fingerprint density at radius 2 is 1.79 bits per heavy atom. The normalized spacial score (nSPS) is 15.1. The van der Waals surface area contributed by atoms with Crippen molar-refractivity contribution in [2.75, 3.05) is 6.54 Å². The molecule has 0 fully saturated rings. The largest absolute Gasteiger partial charge is 0.311 e. The Kier molecular flexibility index (Phi) is 5.49. The second-order valence-electron chi connectivity index (χ2n) is 6.39. The zero-order chi connectivity index (χ0) is 14.7. The first-order valence-electron chi connectivity index (χ1n) is 6.48. The monoisotopic (exact) mass is 299 g/mol. The zero-order valence-electron chi connectivity index (χ0n) is 12.2. The van der Waals surface area contributed by atoms with Gasteiger partial charge in [-0.05, 0) is 44.9 Å². The summed E-state index contributed by atoms with van der Waals surface area (Å²) in [4.78, 5) is 0. The van der Waals surface area contributed by atoms with Gasteiger partial charge in [-0.2, -0.15) is 0 Å². The summed E-state index contributed by atoms with van der Waals surface area (Å²) in [6.45, 7) is 13.5. The number of hydrogen-bond acceptors (Lipinski definition) is 1. The third-order valence-electron chi connectivity index (χ3n) is 3.11. The van der Waals surface area contributed by atoms with Crippen LogP contribution in [0.5, 0.6) is 0 Å².